The molecule has 18 heavy (non-hydrogen) atoms. The molecule has 2 rings (SSSR count). The van der Waals surface area contributed by atoms with E-state index < -0.39 is 0 Å². The lowest BCUT2D eigenvalue weighted by molar-refractivity contribution is 0.656. The Balaban J connectivity index is 2.05. The summed E-state index contributed by atoms with van der Waals surface area (Å²) < 4.78 is 0. The molecule has 2 aromatic rings. The summed E-state index contributed by atoms with van der Waals surface area (Å²) in [6.45, 7) is 1.99. The minimum Gasteiger partial charge on any atom is -0.327 e. The molecule has 0 radical (unpaired) electrons. The standard InChI is InChI=1S/C13H14Cl2N2S/c1-8-17-10(7-18-8)5-9(16)6-11-12(14)3-2-4-13(11)15/h2-4,7,9H,5-6,16H2,1H3. The first kappa shape index (κ1) is 13.8. The van der Waals surface area contributed by atoms with Gasteiger partial charge in [0.2, 0.25) is 0 Å². The number of aryl methyl sites for hydroxylation is 1. The van der Waals surface area contributed by atoms with Gasteiger partial charge in [-0.1, -0.05) is 29.3 Å². The molecule has 0 aliphatic carbocycles. The van der Waals surface area contributed by atoms with Crippen LogP contribution in [0.5, 0.6) is 0 Å². The minimum absolute atomic E-state index is 0.0242. The molecule has 2 N–H and O–H groups in total. The van der Waals surface area contributed by atoms with Crippen molar-refractivity contribution in [2.75, 3.05) is 0 Å². The first-order valence-electron chi connectivity index (χ1n) is 5.65. The summed E-state index contributed by atoms with van der Waals surface area (Å²) in [6.07, 6.45) is 1.40. The second-order valence-electron chi connectivity index (χ2n) is 4.23. The van der Waals surface area contributed by atoms with Crippen LogP contribution in [0.3, 0.4) is 0 Å². The van der Waals surface area contributed by atoms with Crippen LogP contribution in [-0.4, -0.2) is 11.0 Å². The normalized spacial score (nSPS) is 12.7. The van der Waals surface area contributed by atoms with Gasteiger partial charge in [0.25, 0.3) is 0 Å². The maximum Gasteiger partial charge on any atom is 0.0897 e. The zero-order chi connectivity index (χ0) is 13.1. The first-order valence-corrected chi connectivity index (χ1v) is 7.29. The molecule has 2 nitrogen and oxygen atoms in total. The molecule has 1 unspecified atom stereocenters. The predicted molar refractivity (Wildman–Crippen MR) is 78.7 cm³/mol. The van der Waals surface area contributed by atoms with Crippen molar-refractivity contribution in [2.24, 2.45) is 5.73 Å². The van der Waals surface area contributed by atoms with E-state index in [2.05, 4.69) is 4.98 Å². The van der Waals surface area contributed by atoms with Crippen LogP contribution >= 0.6 is 34.5 Å². The summed E-state index contributed by atoms with van der Waals surface area (Å²) in [5, 5.41) is 4.46. The van der Waals surface area contributed by atoms with Crippen molar-refractivity contribution in [3.05, 3.63) is 49.9 Å². The lowest BCUT2D eigenvalue weighted by Crippen LogP contribution is -2.26. The van der Waals surface area contributed by atoms with Gasteiger partial charge >= 0.3 is 0 Å². The third-order valence-corrected chi connectivity index (χ3v) is 4.20. The average molecular weight is 301 g/mol. The van der Waals surface area contributed by atoms with Crippen molar-refractivity contribution in [2.45, 2.75) is 25.8 Å². The van der Waals surface area contributed by atoms with Crippen molar-refractivity contribution in [3.63, 3.8) is 0 Å². The lowest BCUT2D eigenvalue weighted by Gasteiger charge is -2.12. The van der Waals surface area contributed by atoms with Crippen LogP contribution in [0.2, 0.25) is 10.0 Å². The third kappa shape index (κ3) is 3.45. The number of nitrogens with two attached hydrogens (primary N) is 1. The Kier molecular flexibility index (Phi) is 4.62. The van der Waals surface area contributed by atoms with E-state index in [4.69, 9.17) is 28.9 Å². The van der Waals surface area contributed by atoms with Crippen LogP contribution in [0.4, 0.5) is 0 Å². The van der Waals surface area contributed by atoms with Crippen LogP contribution in [0.15, 0.2) is 23.6 Å². The Morgan fingerprint density at radius 1 is 1.28 bits per heavy atom. The largest absolute Gasteiger partial charge is 0.327 e. The summed E-state index contributed by atoms with van der Waals surface area (Å²) in [5.74, 6) is 0. The number of benzene rings is 1. The first-order chi connectivity index (χ1) is 8.56. The van der Waals surface area contributed by atoms with Crippen LogP contribution in [0.1, 0.15) is 16.3 Å². The summed E-state index contributed by atoms with van der Waals surface area (Å²) in [4.78, 5) is 4.41. The molecule has 96 valence electrons. The van der Waals surface area contributed by atoms with Crippen LogP contribution in [-0.2, 0) is 12.8 Å². The van der Waals surface area contributed by atoms with Gasteiger partial charge in [-0.15, -0.1) is 11.3 Å². The monoisotopic (exact) mass is 300 g/mol. The van der Waals surface area contributed by atoms with Gasteiger partial charge in [0.15, 0.2) is 0 Å². The highest BCUT2D eigenvalue weighted by Gasteiger charge is 2.12. The molecule has 0 saturated carbocycles. The van der Waals surface area contributed by atoms with E-state index in [-0.39, 0.29) is 6.04 Å². The molecule has 5 heteroatoms. The fourth-order valence-electron chi connectivity index (χ4n) is 1.83. The highest BCUT2D eigenvalue weighted by molar-refractivity contribution is 7.09. The SMILES string of the molecule is Cc1nc(CC(N)Cc2c(Cl)cccc2Cl)cs1. The number of rotatable bonds is 4. The number of nitrogens with zero attached hydrogens (tertiary/aromatic N) is 1. The number of thiazole rings is 1. The highest BCUT2D eigenvalue weighted by Crippen LogP contribution is 2.25. The highest BCUT2D eigenvalue weighted by atomic mass is 35.5. The Morgan fingerprint density at radius 2 is 1.94 bits per heavy atom. The molecular formula is C13H14Cl2N2S. The molecule has 1 heterocycles. The van der Waals surface area contributed by atoms with Gasteiger partial charge in [0, 0.05) is 27.9 Å². The molecule has 0 aliphatic heterocycles. The van der Waals surface area contributed by atoms with Gasteiger partial charge in [0.05, 0.1) is 10.7 Å². The van der Waals surface area contributed by atoms with Crippen LogP contribution in [0.25, 0.3) is 0 Å². The van der Waals surface area contributed by atoms with E-state index in [0.717, 1.165) is 22.7 Å². The Labute approximate surface area is 121 Å². The van der Waals surface area contributed by atoms with E-state index in [0.29, 0.717) is 16.5 Å². The van der Waals surface area contributed by atoms with Crippen LogP contribution in [0, 0.1) is 6.92 Å². The van der Waals surface area contributed by atoms with Gasteiger partial charge < -0.3 is 5.73 Å². The number of aromatic nitrogens is 1. The molecule has 1 atom stereocenters. The fourth-order valence-corrected chi connectivity index (χ4v) is 3.01. The molecule has 0 spiro atoms. The molecular weight excluding hydrogens is 287 g/mol. The van der Waals surface area contributed by atoms with E-state index in [1.165, 1.54) is 0 Å². The maximum atomic E-state index is 6.13. The summed E-state index contributed by atoms with van der Waals surface area (Å²) in [6, 6.07) is 5.48. The lowest BCUT2D eigenvalue weighted by atomic mass is 10.0. The Morgan fingerprint density at radius 3 is 2.50 bits per heavy atom. The summed E-state index contributed by atoms with van der Waals surface area (Å²) in [5.41, 5.74) is 8.08. The minimum atomic E-state index is -0.0242. The predicted octanol–water partition coefficient (Wildman–Crippen LogP) is 3.87. The van der Waals surface area contributed by atoms with Crippen molar-refractivity contribution in [1.82, 2.24) is 4.98 Å². The summed E-state index contributed by atoms with van der Waals surface area (Å²) >= 11 is 13.9. The van der Waals surface area contributed by atoms with E-state index in [1.807, 2.05) is 30.5 Å². The van der Waals surface area contributed by atoms with Gasteiger partial charge in [-0.05, 0) is 31.0 Å². The van der Waals surface area contributed by atoms with E-state index in [9.17, 15) is 0 Å². The molecule has 1 aromatic heterocycles. The van der Waals surface area contributed by atoms with Gasteiger partial charge in [-0.2, -0.15) is 0 Å². The molecule has 1 aromatic carbocycles. The van der Waals surface area contributed by atoms with E-state index in [1.54, 1.807) is 11.3 Å². The van der Waals surface area contributed by atoms with Gasteiger partial charge in [0.1, 0.15) is 0 Å². The zero-order valence-corrected chi connectivity index (χ0v) is 12.3. The molecule has 0 aliphatic rings. The quantitative estimate of drug-likeness (QED) is 0.931. The van der Waals surface area contributed by atoms with Gasteiger partial charge in [-0.3, -0.25) is 0 Å². The zero-order valence-electron chi connectivity index (χ0n) is 9.99. The topological polar surface area (TPSA) is 38.9 Å². The second-order valence-corrected chi connectivity index (χ2v) is 6.10. The number of hydrogen-bond acceptors (Lipinski definition) is 3. The van der Waals surface area contributed by atoms with Crippen molar-refractivity contribution in [3.8, 4) is 0 Å². The molecule has 0 bridgehead atoms. The Hall–Kier alpha value is -0.610. The maximum absolute atomic E-state index is 6.13. The number of halogens is 2. The summed E-state index contributed by atoms with van der Waals surface area (Å²) in [7, 11) is 0. The molecule has 0 saturated heterocycles. The van der Waals surface area contributed by atoms with Crippen LogP contribution < -0.4 is 5.73 Å². The van der Waals surface area contributed by atoms with Crippen molar-refractivity contribution >= 4 is 34.5 Å². The second kappa shape index (κ2) is 6.02. The third-order valence-electron chi connectivity index (χ3n) is 2.67. The Bertz CT molecular complexity index is 519. The van der Waals surface area contributed by atoms with Crippen molar-refractivity contribution in [1.29, 1.82) is 0 Å². The number of hydrogen-bond donors (Lipinski definition) is 1. The molecule has 0 fully saturated rings. The van der Waals surface area contributed by atoms with Crippen molar-refractivity contribution < 1.29 is 0 Å². The molecule has 0 amide bonds. The fraction of sp³-hybridized carbons (Fsp3) is 0.308. The smallest absolute Gasteiger partial charge is 0.0897 e. The van der Waals surface area contributed by atoms with E-state index >= 15 is 0 Å². The van der Waals surface area contributed by atoms with Gasteiger partial charge in [-0.25, -0.2) is 4.98 Å². The average Bonchev–Trinajstić information content (AvgIpc) is 2.69.